The summed E-state index contributed by atoms with van der Waals surface area (Å²) in [5, 5.41) is 2.88. The number of nitrogens with zero attached hydrogens (tertiary/aromatic N) is 1. The molecule has 0 aromatic heterocycles. The Morgan fingerprint density at radius 3 is 2.00 bits per heavy atom. The maximum Gasteiger partial charge on any atom is 0.311 e. The quantitative estimate of drug-likeness (QED) is 0.781. The van der Waals surface area contributed by atoms with Gasteiger partial charge in [-0.3, -0.25) is 9.59 Å². The molecule has 1 N–H and O–H groups in total. The van der Waals surface area contributed by atoms with Gasteiger partial charge >= 0.3 is 11.8 Å². The number of nitrogens with one attached hydrogen (secondary N) is 1. The number of hydrogen-bond donors (Lipinski definition) is 1. The summed E-state index contributed by atoms with van der Waals surface area (Å²) in [5.41, 5.74) is -0.244. The molecule has 1 aliphatic rings. The van der Waals surface area contributed by atoms with E-state index in [1.165, 1.54) is 0 Å². The first-order valence-electron chi connectivity index (χ1n) is 7.22. The Morgan fingerprint density at radius 2 is 1.53 bits per heavy atom. The van der Waals surface area contributed by atoms with Crippen molar-refractivity contribution in [1.29, 1.82) is 0 Å². The lowest BCUT2D eigenvalue weighted by molar-refractivity contribution is -0.147. The number of piperidine rings is 1. The van der Waals surface area contributed by atoms with E-state index in [9.17, 15) is 9.59 Å². The minimum Gasteiger partial charge on any atom is -0.343 e. The molecule has 0 atom stereocenters. The first-order chi connectivity index (χ1) is 8.61. The standard InChI is InChI=1S/C15H28N2O2/c1-14(2,3)11-15(4,5)16-12(18)13(19)17-9-7-6-8-10-17/h6-11H2,1-5H3,(H,16,18). The van der Waals surface area contributed by atoms with Gasteiger partial charge in [0.05, 0.1) is 0 Å². The maximum absolute atomic E-state index is 12.1. The molecule has 4 nitrogen and oxygen atoms in total. The predicted molar refractivity (Wildman–Crippen MR) is 76.7 cm³/mol. The maximum atomic E-state index is 12.1. The van der Waals surface area contributed by atoms with Crippen LogP contribution in [0.2, 0.25) is 0 Å². The fourth-order valence-corrected chi connectivity index (χ4v) is 2.97. The summed E-state index contributed by atoms with van der Waals surface area (Å²) in [6.07, 6.45) is 3.99. The topological polar surface area (TPSA) is 49.4 Å². The summed E-state index contributed by atoms with van der Waals surface area (Å²) in [4.78, 5) is 25.8. The highest BCUT2D eigenvalue weighted by Gasteiger charge is 2.31. The average Bonchev–Trinajstić information content (AvgIpc) is 2.25. The highest BCUT2D eigenvalue weighted by atomic mass is 16.2. The number of rotatable bonds is 2. The Kier molecular flexibility index (Phi) is 4.99. The second-order valence-electron chi connectivity index (χ2n) is 7.43. The van der Waals surface area contributed by atoms with E-state index in [2.05, 4.69) is 26.1 Å². The molecule has 1 aliphatic heterocycles. The van der Waals surface area contributed by atoms with Gasteiger partial charge < -0.3 is 10.2 Å². The van der Waals surface area contributed by atoms with E-state index in [4.69, 9.17) is 0 Å². The summed E-state index contributed by atoms with van der Waals surface area (Å²) in [6, 6.07) is 0. The molecule has 110 valence electrons. The Morgan fingerprint density at radius 1 is 1.00 bits per heavy atom. The van der Waals surface area contributed by atoms with Crippen LogP contribution in [0.5, 0.6) is 0 Å². The SMILES string of the molecule is CC(C)(C)CC(C)(C)NC(=O)C(=O)N1CCCCC1. The minimum atomic E-state index is -0.462. The van der Waals surface area contributed by atoms with Crippen LogP contribution in [-0.2, 0) is 9.59 Å². The van der Waals surface area contributed by atoms with Crippen LogP contribution in [0.3, 0.4) is 0 Å². The molecule has 0 spiro atoms. The van der Waals surface area contributed by atoms with Gasteiger partial charge in [0.2, 0.25) is 0 Å². The molecule has 2 amide bonds. The monoisotopic (exact) mass is 268 g/mol. The van der Waals surface area contributed by atoms with Crippen molar-refractivity contribution in [3.63, 3.8) is 0 Å². The fraction of sp³-hybridized carbons (Fsp3) is 0.867. The van der Waals surface area contributed by atoms with Gasteiger partial charge in [0, 0.05) is 18.6 Å². The Hall–Kier alpha value is -1.06. The zero-order chi connectivity index (χ0) is 14.7. The van der Waals surface area contributed by atoms with E-state index in [1.54, 1.807) is 4.90 Å². The number of carbonyl (C=O) groups excluding carboxylic acids is 2. The van der Waals surface area contributed by atoms with Crippen LogP contribution in [0.25, 0.3) is 0 Å². The predicted octanol–water partition coefficient (Wildman–Crippen LogP) is 2.33. The van der Waals surface area contributed by atoms with Crippen LogP contribution in [0, 0.1) is 5.41 Å². The summed E-state index contributed by atoms with van der Waals surface area (Å²) < 4.78 is 0. The summed E-state index contributed by atoms with van der Waals surface area (Å²) in [7, 11) is 0. The molecule has 0 aliphatic carbocycles. The first-order valence-corrected chi connectivity index (χ1v) is 7.22. The fourth-order valence-electron chi connectivity index (χ4n) is 2.97. The smallest absolute Gasteiger partial charge is 0.311 e. The van der Waals surface area contributed by atoms with Crippen molar-refractivity contribution in [3.8, 4) is 0 Å². The lowest BCUT2D eigenvalue weighted by atomic mass is 9.82. The van der Waals surface area contributed by atoms with Crippen LogP contribution in [-0.4, -0.2) is 35.3 Å². The van der Waals surface area contributed by atoms with Gasteiger partial charge in [-0.05, 0) is 44.9 Å². The summed E-state index contributed by atoms with van der Waals surface area (Å²) in [6.45, 7) is 11.8. The van der Waals surface area contributed by atoms with Crippen LogP contribution < -0.4 is 5.32 Å². The molecule has 4 heteroatoms. The highest BCUT2D eigenvalue weighted by Crippen LogP contribution is 2.26. The molecule has 0 aromatic rings. The molecule has 0 saturated carbocycles. The molecular formula is C15H28N2O2. The van der Waals surface area contributed by atoms with E-state index in [0.717, 1.165) is 25.7 Å². The molecule has 19 heavy (non-hydrogen) atoms. The Balaban J connectivity index is 2.55. The lowest BCUT2D eigenvalue weighted by Crippen LogP contribution is -2.52. The van der Waals surface area contributed by atoms with E-state index >= 15 is 0 Å². The molecule has 1 saturated heterocycles. The van der Waals surface area contributed by atoms with E-state index in [1.807, 2.05) is 13.8 Å². The molecule has 1 rings (SSSR count). The molecule has 1 fully saturated rings. The molecule has 0 radical (unpaired) electrons. The first kappa shape index (κ1) is 16.0. The molecular weight excluding hydrogens is 240 g/mol. The van der Waals surface area contributed by atoms with E-state index < -0.39 is 5.91 Å². The van der Waals surface area contributed by atoms with Crippen LogP contribution >= 0.6 is 0 Å². The lowest BCUT2D eigenvalue weighted by Gasteiger charge is -2.34. The summed E-state index contributed by atoms with van der Waals surface area (Å²) >= 11 is 0. The van der Waals surface area contributed by atoms with Gasteiger partial charge in [-0.1, -0.05) is 20.8 Å². The van der Waals surface area contributed by atoms with Gasteiger partial charge in [0.15, 0.2) is 0 Å². The van der Waals surface area contributed by atoms with Gasteiger partial charge in [-0.25, -0.2) is 0 Å². The number of hydrogen-bond acceptors (Lipinski definition) is 2. The minimum absolute atomic E-state index is 0.116. The van der Waals surface area contributed by atoms with E-state index in [0.29, 0.717) is 13.1 Å². The van der Waals surface area contributed by atoms with Crippen LogP contribution in [0.1, 0.15) is 60.3 Å². The van der Waals surface area contributed by atoms with Crippen molar-refractivity contribution in [2.45, 2.75) is 65.8 Å². The van der Waals surface area contributed by atoms with Gasteiger partial charge in [-0.2, -0.15) is 0 Å². The van der Waals surface area contributed by atoms with Crippen LogP contribution in [0.15, 0.2) is 0 Å². The van der Waals surface area contributed by atoms with Crippen molar-refractivity contribution < 1.29 is 9.59 Å². The zero-order valence-corrected chi connectivity index (χ0v) is 13.0. The molecule has 1 heterocycles. The van der Waals surface area contributed by atoms with Gasteiger partial charge in [0.25, 0.3) is 0 Å². The Bertz CT molecular complexity index is 337. The van der Waals surface area contributed by atoms with Gasteiger partial charge in [0.1, 0.15) is 0 Å². The largest absolute Gasteiger partial charge is 0.343 e. The highest BCUT2D eigenvalue weighted by molar-refractivity contribution is 6.35. The second-order valence-corrected chi connectivity index (χ2v) is 7.43. The van der Waals surface area contributed by atoms with Crippen molar-refractivity contribution >= 4 is 11.8 Å². The van der Waals surface area contributed by atoms with Crippen molar-refractivity contribution in [2.75, 3.05) is 13.1 Å². The molecule has 0 unspecified atom stereocenters. The van der Waals surface area contributed by atoms with Crippen molar-refractivity contribution in [1.82, 2.24) is 10.2 Å². The number of likely N-dealkylation sites (tertiary alicyclic amines) is 1. The van der Waals surface area contributed by atoms with Crippen LogP contribution in [0.4, 0.5) is 0 Å². The summed E-state index contributed by atoms with van der Waals surface area (Å²) in [5.74, 6) is -0.835. The van der Waals surface area contributed by atoms with Crippen molar-refractivity contribution in [2.24, 2.45) is 5.41 Å². The number of amides is 2. The van der Waals surface area contributed by atoms with Crippen molar-refractivity contribution in [3.05, 3.63) is 0 Å². The third kappa shape index (κ3) is 5.62. The molecule has 0 bridgehead atoms. The molecule has 0 aromatic carbocycles. The Labute approximate surface area is 116 Å². The third-order valence-corrected chi connectivity index (χ3v) is 3.26. The van der Waals surface area contributed by atoms with E-state index in [-0.39, 0.29) is 16.9 Å². The van der Waals surface area contributed by atoms with Gasteiger partial charge in [-0.15, -0.1) is 0 Å². The average molecular weight is 268 g/mol. The zero-order valence-electron chi connectivity index (χ0n) is 13.0. The normalized spacial score (nSPS) is 17.2. The third-order valence-electron chi connectivity index (χ3n) is 3.26. The number of carbonyl (C=O) groups is 2. The second kappa shape index (κ2) is 5.93.